The van der Waals surface area contributed by atoms with Gasteiger partial charge in [0.25, 0.3) is 0 Å². The summed E-state index contributed by atoms with van der Waals surface area (Å²) in [5.41, 5.74) is 0.439. The zero-order valence-electron chi connectivity index (χ0n) is 13.4. The number of nitrogens with one attached hydrogen (secondary N) is 1. The third kappa shape index (κ3) is 3.92. The number of carbonyl (C=O) groups is 1. The Morgan fingerprint density at radius 2 is 2.24 bits per heavy atom. The zero-order valence-corrected chi connectivity index (χ0v) is 14.2. The van der Waals surface area contributed by atoms with Crippen LogP contribution in [0.15, 0.2) is 43.8 Å². The van der Waals surface area contributed by atoms with Crippen LogP contribution in [0, 0.1) is 6.92 Å². The average molecular weight is 357 g/mol. The molecule has 0 atom stereocenters. The fraction of sp³-hybridized carbons (Fsp3) is 0.176. The molecule has 0 saturated carbocycles. The maximum Gasteiger partial charge on any atom is 0.348 e. The second-order valence-corrected chi connectivity index (χ2v) is 6.13. The van der Waals surface area contributed by atoms with Gasteiger partial charge in [-0.2, -0.15) is 0 Å². The van der Waals surface area contributed by atoms with Gasteiger partial charge in [0.2, 0.25) is 5.91 Å². The summed E-state index contributed by atoms with van der Waals surface area (Å²) in [6, 6.07) is 6.69. The number of benzene rings is 1. The van der Waals surface area contributed by atoms with E-state index in [0.29, 0.717) is 16.1 Å². The number of aromatic hydroxyl groups is 1. The van der Waals surface area contributed by atoms with Crippen molar-refractivity contribution < 1.29 is 14.3 Å². The summed E-state index contributed by atoms with van der Waals surface area (Å²) >= 11 is 1.35. The third-order valence-electron chi connectivity index (χ3n) is 3.37. The molecule has 8 heteroatoms. The highest BCUT2D eigenvalue weighted by molar-refractivity contribution is 7.13. The lowest BCUT2D eigenvalue weighted by molar-refractivity contribution is -0.116. The van der Waals surface area contributed by atoms with Gasteiger partial charge in [0.05, 0.1) is 11.1 Å². The molecule has 3 aromatic rings. The van der Waals surface area contributed by atoms with E-state index in [0.717, 1.165) is 5.69 Å². The first-order valence-corrected chi connectivity index (χ1v) is 8.39. The molecule has 0 bridgehead atoms. The lowest BCUT2D eigenvalue weighted by atomic mass is 10.1. The Labute approximate surface area is 146 Å². The Morgan fingerprint density at radius 3 is 3.00 bits per heavy atom. The lowest BCUT2D eigenvalue weighted by Crippen LogP contribution is -2.12. The van der Waals surface area contributed by atoms with E-state index in [2.05, 4.69) is 15.3 Å². The number of thiazole rings is 1. The van der Waals surface area contributed by atoms with Gasteiger partial charge >= 0.3 is 5.63 Å². The first kappa shape index (κ1) is 16.8. The van der Waals surface area contributed by atoms with Gasteiger partial charge < -0.3 is 14.8 Å². The van der Waals surface area contributed by atoms with Crippen molar-refractivity contribution in [1.29, 1.82) is 0 Å². The van der Waals surface area contributed by atoms with Crippen LogP contribution in [-0.4, -0.2) is 28.8 Å². The quantitative estimate of drug-likeness (QED) is 0.539. The first-order valence-electron chi connectivity index (χ1n) is 7.51. The molecule has 128 valence electrons. The molecule has 2 heterocycles. The highest BCUT2D eigenvalue weighted by Gasteiger charge is 2.11. The van der Waals surface area contributed by atoms with Crippen LogP contribution in [0.3, 0.4) is 0 Å². The van der Waals surface area contributed by atoms with Crippen molar-refractivity contribution in [2.75, 3.05) is 11.9 Å². The van der Waals surface area contributed by atoms with Crippen LogP contribution in [-0.2, 0) is 4.79 Å². The topological polar surface area (TPSA) is 105 Å². The largest absolute Gasteiger partial charge is 0.506 e. The summed E-state index contributed by atoms with van der Waals surface area (Å²) in [6.45, 7) is 2.01. The van der Waals surface area contributed by atoms with Gasteiger partial charge in [-0.25, -0.2) is 9.78 Å². The number of aliphatic imine (C=N–C) groups is 1. The fourth-order valence-electron chi connectivity index (χ4n) is 2.18. The van der Waals surface area contributed by atoms with E-state index < -0.39 is 5.63 Å². The van der Waals surface area contributed by atoms with Gasteiger partial charge in [-0.15, -0.1) is 11.3 Å². The number of hydrogen-bond donors (Lipinski definition) is 2. The van der Waals surface area contributed by atoms with Crippen LogP contribution < -0.4 is 10.9 Å². The molecule has 7 nitrogen and oxygen atoms in total. The van der Waals surface area contributed by atoms with Crippen molar-refractivity contribution >= 4 is 39.6 Å². The molecule has 0 fully saturated rings. The number of carbonyl (C=O) groups excluding carboxylic acids is 1. The van der Waals surface area contributed by atoms with Gasteiger partial charge in [0.15, 0.2) is 5.13 Å². The molecule has 2 aromatic heterocycles. The number of aryl methyl sites for hydroxylation is 1. The van der Waals surface area contributed by atoms with Gasteiger partial charge in [-0.3, -0.25) is 9.79 Å². The summed E-state index contributed by atoms with van der Waals surface area (Å²) in [7, 11) is 0. The molecule has 2 N–H and O–H groups in total. The Bertz CT molecular complexity index is 1010. The van der Waals surface area contributed by atoms with Gasteiger partial charge in [-0.05, 0) is 19.1 Å². The number of hydrogen-bond acceptors (Lipinski definition) is 7. The van der Waals surface area contributed by atoms with Crippen molar-refractivity contribution in [3.8, 4) is 5.75 Å². The molecule has 3 rings (SSSR count). The predicted molar refractivity (Wildman–Crippen MR) is 96.7 cm³/mol. The highest BCUT2D eigenvalue weighted by atomic mass is 32.1. The number of fused-ring (bicyclic) bond motifs is 1. The minimum Gasteiger partial charge on any atom is -0.506 e. The smallest absolute Gasteiger partial charge is 0.348 e. The van der Waals surface area contributed by atoms with Crippen LogP contribution in [0.4, 0.5) is 5.13 Å². The normalized spacial score (nSPS) is 11.2. The van der Waals surface area contributed by atoms with Gasteiger partial charge in [0.1, 0.15) is 16.9 Å². The van der Waals surface area contributed by atoms with Gasteiger partial charge in [0, 0.05) is 24.6 Å². The van der Waals surface area contributed by atoms with Crippen molar-refractivity contribution in [2.24, 2.45) is 4.99 Å². The van der Waals surface area contributed by atoms with E-state index in [1.807, 2.05) is 12.3 Å². The Morgan fingerprint density at radius 1 is 1.44 bits per heavy atom. The minimum absolute atomic E-state index is 0.0327. The Hall–Kier alpha value is -3.00. The molecule has 0 aliphatic rings. The Balaban J connectivity index is 1.65. The Kier molecular flexibility index (Phi) is 4.90. The van der Waals surface area contributed by atoms with E-state index in [9.17, 15) is 14.7 Å². The SMILES string of the molecule is Cc1csc(NC(=O)CCN=Cc2c(O)c3ccccc3oc2=O)n1. The molecule has 0 radical (unpaired) electrons. The number of amides is 1. The van der Waals surface area contributed by atoms with Crippen molar-refractivity contribution in [3.63, 3.8) is 0 Å². The highest BCUT2D eigenvalue weighted by Crippen LogP contribution is 2.24. The summed E-state index contributed by atoms with van der Waals surface area (Å²) in [5, 5.41) is 15.7. The maximum absolute atomic E-state index is 11.9. The van der Waals surface area contributed by atoms with E-state index in [1.165, 1.54) is 17.6 Å². The van der Waals surface area contributed by atoms with Crippen LogP contribution in [0.1, 0.15) is 17.7 Å². The van der Waals surface area contributed by atoms with Gasteiger partial charge in [-0.1, -0.05) is 12.1 Å². The van der Waals surface area contributed by atoms with Crippen LogP contribution >= 0.6 is 11.3 Å². The number of rotatable bonds is 5. The first-order chi connectivity index (χ1) is 12.0. The summed E-state index contributed by atoms with van der Waals surface area (Å²) in [6.07, 6.45) is 1.36. The number of para-hydroxylation sites is 1. The molecule has 25 heavy (non-hydrogen) atoms. The summed E-state index contributed by atoms with van der Waals surface area (Å²) < 4.78 is 5.14. The van der Waals surface area contributed by atoms with Crippen LogP contribution in [0.25, 0.3) is 11.0 Å². The fourth-order valence-corrected chi connectivity index (χ4v) is 2.88. The molecule has 0 unspecified atom stereocenters. The third-order valence-corrected chi connectivity index (χ3v) is 4.25. The van der Waals surface area contributed by atoms with Crippen molar-refractivity contribution in [1.82, 2.24) is 4.98 Å². The molecular weight excluding hydrogens is 342 g/mol. The maximum atomic E-state index is 11.9. The van der Waals surface area contributed by atoms with Crippen LogP contribution in [0.2, 0.25) is 0 Å². The summed E-state index contributed by atoms with van der Waals surface area (Å²) in [4.78, 5) is 31.9. The molecule has 0 saturated heterocycles. The number of aromatic nitrogens is 1. The molecule has 1 amide bonds. The van der Waals surface area contributed by atoms with E-state index in [-0.39, 0.29) is 30.2 Å². The van der Waals surface area contributed by atoms with Crippen LogP contribution in [0.5, 0.6) is 5.75 Å². The lowest BCUT2D eigenvalue weighted by Gasteiger charge is -2.02. The second-order valence-electron chi connectivity index (χ2n) is 5.28. The summed E-state index contributed by atoms with van der Waals surface area (Å²) in [5.74, 6) is -0.403. The molecular formula is C17H15N3O4S. The average Bonchev–Trinajstić information content (AvgIpc) is 2.98. The molecule has 0 aliphatic heterocycles. The van der Waals surface area contributed by atoms with E-state index in [4.69, 9.17) is 4.42 Å². The number of nitrogens with zero attached hydrogens (tertiary/aromatic N) is 2. The van der Waals surface area contributed by atoms with E-state index in [1.54, 1.807) is 24.3 Å². The monoisotopic (exact) mass is 357 g/mol. The predicted octanol–water partition coefficient (Wildman–Crippen LogP) is 2.71. The molecule has 1 aromatic carbocycles. The second kappa shape index (κ2) is 7.27. The minimum atomic E-state index is -0.678. The number of anilines is 1. The standard InChI is InChI=1S/C17H15N3O4S/c1-10-9-25-17(19-10)20-14(21)6-7-18-8-12-15(22)11-4-2-3-5-13(11)24-16(12)23/h2-5,8-9,22H,6-7H2,1H3,(H,19,20,21). The molecule has 0 aliphatic carbocycles. The van der Waals surface area contributed by atoms with Crippen molar-refractivity contribution in [2.45, 2.75) is 13.3 Å². The van der Waals surface area contributed by atoms with E-state index >= 15 is 0 Å². The zero-order chi connectivity index (χ0) is 17.8. The molecule has 0 spiro atoms. The van der Waals surface area contributed by atoms with Crippen molar-refractivity contribution in [3.05, 3.63) is 51.3 Å².